The maximum Gasteiger partial charge on any atom is 0.237 e. The number of hydrogen-bond acceptors (Lipinski definition) is 4. The largest absolute Gasteiger partial charge is 0.507 e. The summed E-state index contributed by atoms with van der Waals surface area (Å²) in [5.41, 5.74) is 0.411. The molecule has 2 rings (SSSR count). The Kier molecular flexibility index (Phi) is 3.95. The van der Waals surface area contributed by atoms with Crippen molar-refractivity contribution in [2.24, 2.45) is 0 Å². The van der Waals surface area contributed by atoms with Crippen LogP contribution in [0.3, 0.4) is 0 Å². The van der Waals surface area contributed by atoms with Crippen molar-refractivity contribution in [1.82, 2.24) is 10.6 Å². The van der Waals surface area contributed by atoms with Crippen molar-refractivity contribution in [3.63, 3.8) is 0 Å². The van der Waals surface area contributed by atoms with E-state index in [4.69, 9.17) is 0 Å². The Balaban J connectivity index is 1.99. The molecule has 0 aromatic heterocycles. The molecule has 0 aliphatic heterocycles. The Hall–Kier alpha value is -1.75. The maximum atomic E-state index is 11.8. The number of aromatic hydroxyl groups is 2. The first kappa shape index (κ1) is 13.7. The molecule has 2 atom stereocenters. The molecule has 1 amide bonds. The van der Waals surface area contributed by atoms with Crippen molar-refractivity contribution in [3.05, 3.63) is 23.8 Å². The zero-order valence-electron chi connectivity index (χ0n) is 11.2. The minimum Gasteiger partial charge on any atom is -0.507 e. The lowest BCUT2D eigenvalue weighted by atomic mass is 10.0. The molecule has 2 unspecified atom stereocenters. The van der Waals surface area contributed by atoms with E-state index >= 15 is 0 Å². The first-order valence-corrected chi connectivity index (χ1v) is 6.56. The van der Waals surface area contributed by atoms with Gasteiger partial charge in [-0.1, -0.05) is 6.07 Å². The fourth-order valence-corrected chi connectivity index (χ4v) is 2.07. The van der Waals surface area contributed by atoms with E-state index in [-0.39, 0.29) is 29.5 Å². The molecule has 1 aliphatic carbocycles. The quantitative estimate of drug-likeness (QED) is 0.648. The first-order chi connectivity index (χ1) is 8.99. The Labute approximate surface area is 112 Å². The molecule has 5 nitrogen and oxygen atoms in total. The highest BCUT2D eigenvalue weighted by Crippen LogP contribution is 2.32. The van der Waals surface area contributed by atoms with Crippen molar-refractivity contribution in [2.75, 3.05) is 0 Å². The fourth-order valence-electron chi connectivity index (χ4n) is 2.07. The van der Waals surface area contributed by atoms with Crippen LogP contribution in [0.1, 0.15) is 38.3 Å². The second kappa shape index (κ2) is 5.48. The van der Waals surface area contributed by atoms with Gasteiger partial charge in [0.2, 0.25) is 5.91 Å². The summed E-state index contributed by atoms with van der Waals surface area (Å²) in [6, 6.07) is 4.23. The summed E-state index contributed by atoms with van der Waals surface area (Å²) in [5, 5.41) is 25.5. The summed E-state index contributed by atoms with van der Waals surface area (Å²) < 4.78 is 0. The smallest absolute Gasteiger partial charge is 0.237 e. The maximum absolute atomic E-state index is 11.8. The zero-order chi connectivity index (χ0) is 14.0. The minimum atomic E-state index is -0.380. The van der Waals surface area contributed by atoms with Gasteiger partial charge in [0.05, 0.1) is 11.6 Å². The van der Waals surface area contributed by atoms with Gasteiger partial charge in [-0.15, -0.1) is 0 Å². The van der Waals surface area contributed by atoms with Crippen LogP contribution in [-0.4, -0.2) is 28.2 Å². The van der Waals surface area contributed by atoms with E-state index in [1.807, 2.05) is 0 Å². The minimum absolute atomic E-state index is 0.0230. The molecule has 0 bridgehead atoms. The van der Waals surface area contributed by atoms with Crippen LogP contribution in [0.4, 0.5) is 0 Å². The van der Waals surface area contributed by atoms with Gasteiger partial charge >= 0.3 is 0 Å². The molecule has 0 heterocycles. The lowest BCUT2D eigenvalue weighted by Gasteiger charge is -2.21. The van der Waals surface area contributed by atoms with E-state index in [9.17, 15) is 15.0 Å². The fraction of sp³-hybridized carbons (Fsp3) is 0.500. The SMILES string of the molecule is CC(NC(C)c1c(O)cccc1O)C(=O)NC1CC1. The highest BCUT2D eigenvalue weighted by Gasteiger charge is 2.26. The van der Waals surface area contributed by atoms with Crippen LogP contribution in [0.2, 0.25) is 0 Å². The van der Waals surface area contributed by atoms with Gasteiger partial charge in [-0.2, -0.15) is 0 Å². The summed E-state index contributed by atoms with van der Waals surface area (Å²) in [6.07, 6.45) is 2.10. The second-order valence-corrected chi connectivity index (χ2v) is 5.10. The standard InChI is InChI=1S/C14H20N2O3/c1-8(13-11(17)4-3-5-12(13)18)15-9(2)14(19)16-10-6-7-10/h3-5,8-10,15,17-18H,6-7H2,1-2H3,(H,16,19). The molecule has 1 fully saturated rings. The predicted molar refractivity (Wildman–Crippen MR) is 71.9 cm³/mol. The van der Waals surface area contributed by atoms with Crippen molar-refractivity contribution in [3.8, 4) is 11.5 Å². The lowest BCUT2D eigenvalue weighted by molar-refractivity contribution is -0.123. The molecule has 1 aliphatic rings. The summed E-state index contributed by atoms with van der Waals surface area (Å²) in [6.45, 7) is 3.57. The molecule has 19 heavy (non-hydrogen) atoms. The van der Waals surface area contributed by atoms with Gasteiger partial charge in [0.1, 0.15) is 11.5 Å². The van der Waals surface area contributed by atoms with E-state index in [1.54, 1.807) is 19.9 Å². The van der Waals surface area contributed by atoms with Crippen LogP contribution in [0.15, 0.2) is 18.2 Å². The van der Waals surface area contributed by atoms with Crippen LogP contribution in [0.25, 0.3) is 0 Å². The highest BCUT2D eigenvalue weighted by molar-refractivity contribution is 5.81. The molecule has 1 saturated carbocycles. The number of hydrogen-bond donors (Lipinski definition) is 4. The normalized spacial score (nSPS) is 17.8. The molecule has 4 N–H and O–H groups in total. The first-order valence-electron chi connectivity index (χ1n) is 6.56. The van der Waals surface area contributed by atoms with Gasteiger partial charge in [0.25, 0.3) is 0 Å². The molecule has 1 aromatic carbocycles. The van der Waals surface area contributed by atoms with Gasteiger partial charge in [0, 0.05) is 12.1 Å². The van der Waals surface area contributed by atoms with E-state index in [2.05, 4.69) is 10.6 Å². The Morgan fingerprint density at radius 1 is 1.26 bits per heavy atom. The van der Waals surface area contributed by atoms with Crippen LogP contribution in [-0.2, 0) is 4.79 Å². The molecular formula is C14H20N2O3. The Bertz CT molecular complexity index is 452. The second-order valence-electron chi connectivity index (χ2n) is 5.10. The van der Waals surface area contributed by atoms with Crippen molar-refractivity contribution < 1.29 is 15.0 Å². The molecule has 5 heteroatoms. The Morgan fingerprint density at radius 3 is 2.37 bits per heavy atom. The lowest BCUT2D eigenvalue weighted by Crippen LogP contribution is -2.43. The predicted octanol–water partition coefficient (Wildman–Crippen LogP) is 1.42. The van der Waals surface area contributed by atoms with E-state index in [0.29, 0.717) is 11.6 Å². The summed E-state index contributed by atoms with van der Waals surface area (Å²) in [4.78, 5) is 11.8. The average molecular weight is 264 g/mol. The van der Waals surface area contributed by atoms with Crippen LogP contribution >= 0.6 is 0 Å². The molecular weight excluding hydrogens is 244 g/mol. The molecule has 0 spiro atoms. The molecule has 104 valence electrons. The third-order valence-corrected chi connectivity index (χ3v) is 3.31. The summed E-state index contributed by atoms with van der Waals surface area (Å²) in [5.74, 6) is -0.00568. The number of nitrogens with one attached hydrogen (secondary N) is 2. The number of carbonyl (C=O) groups excluding carboxylic acids is 1. The Morgan fingerprint density at radius 2 is 1.84 bits per heavy atom. The monoisotopic (exact) mass is 264 g/mol. The molecule has 0 radical (unpaired) electrons. The van der Waals surface area contributed by atoms with Gasteiger partial charge in [0.15, 0.2) is 0 Å². The highest BCUT2D eigenvalue weighted by atomic mass is 16.3. The van der Waals surface area contributed by atoms with Crippen LogP contribution in [0.5, 0.6) is 11.5 Å². The average Bonchev–Trinajstić information content (AvgIpc) is 3.12. The number of phenols is 2. The van der Waals surface area contributed by atoms with Gasteiger partial charge < -0.3 is 15.5 Å². The van der Waals surface area contributed by atoms with Gasteiger partial charge in [-0.25, -0.2) is 0 Å². The number of rotatable bonds is 5. The number of phenolic OH excluding ortho intramolecular Hbond substituents is 2. The van der Waals surface area contributed by atoms with Crippen LogP contribution < -0.4 is 10.6 Å². The van der Waals surface area contributed by atoms with E-state index in [0.717, 1.165) is 12.8 Å². The zero-order valence-corrected chi connectivity index (χ0v) is 11.2. The van der Waals surface area contributed by atoms with Crippen molar-refractivity contribution >= 4 is 5.91 Å². The topological polar surface area (TPSA) is 81.6 Å². The van der Waals surface area contributed by atoms with E-state index in [1.165, 1.54) is 12.1 Å². The molecule has 1 aromatic rings. The van der Waals surface area contributed by atoms with Crippen molar-refractivity contribution in [2.45, 2.75) is 44.8 Å². The van der Waals surface area contributed by atoms with Crippen LogP contribution in [0, 0.1) is 0 Å². The summed E-state index contributed by atoms with van der Waals surface area (Å²) in [7, 11) is 0. The van der Waals surface area contributed by atoms with Gasteiger partial charge in [-0.05, 0) is 38.8 Å². The third-order valence-electron chi connectivity index (χ3n) is 3.31. The summed E-state index contributed by atoms with van der Waals surface area (Å²) >= 11 is 0. The van der Waals surface area contributed by atoms with Crippen molar-refractivity contribution in [1.29, 1.82) is 0 Å². The number of amides is 1. The molecule has 0 saturated heterocycles. The third kappa shape index (κ3) is 3.38. The van der Waals surface area contributed by atoms with Gasteiger partial charge in [-0.3, -0.25) is 10.1 Å². The van der Waals surface area contributed by atoms with E-state index < -0.39 is 0 Å². The number of carbonyl (C=O) groups is 1. The number of benzene rings is 1.